The lowest BCUT2D eigenvalue weighted by Gasteiger charge is -2.34. The SMILES string of the molecule is N#Cc1ccc(N2CCN(OC(=O)C(F)(F)F)CC2)cn1. The molecule has 2 heterocycles. The van der Waals surface area contributed by atoms with Gasteiger partial charge < -0.3 is 9.74 Å². The van der Waals surface area contributed by atoms with Crippen molar-refractivity contribution in [3.63, 3.8) is 0 Å². The van der Waals surface area contributed by atoms with Gasteiger partial charge in [0.2, 0.25) is 0 Å². The lowest BCUT2D eigenvalue weighted by Crippen LogP contribution is -2.48. The van der Waals surface area contributed by atoms with Crippen molar-refractivity contribution in [3.8, 4) is 6.07 Å². The number of carbonyl (C=O) groups is 1. The molecule has 21 heavy (non-hydrogen) atoms. The predicted octanol–water partition coefficient (Wildman–Crippen LogP) is 1.10. The third kappa shape index (κ3) is 3.82. The van der Waals surface area contributed by atoms with Crippen LogP contribution in [0.1, 0.15) is 5.69 Å². The Bertz CT molecular complexity index is 545. The minimum Gasteiger partial charge on any atom is -0.367 e. The molecule has 0 unspecified atom stereocenters. The van der Waals surface area contributed by atoms with E-state index in [0.29, 0.717) is 13.1 Å². The maximum atomic E-state index is 12.1. The minimum absolute atomic E-state index is 0.155. The van der Waals surface area contributed by atoms with Gasteiger partial charge in [-0.3, -0.25) is 0 Å². The fraction of sp³-hybridized carbons (Fsp3) is 0.417. The summed E-state index contributed by atoms with van der Waals surface area (Å²) in [5.74, 6) is -2.21. The zero-order chi connectivity index (χ0) is 15.5. The van der Waals surface area contributed by atoms with Crippen molar-refractivity contribution in [1.82, 2.24) is 10.0 Å². The Morgan fingerprint density at radius 2 is 1.95 bits per heavy atom. The number of carbonyl (C=O) groups excluding carboxylic acids is 1. The first-order valence-electron chi connectivity index (χ1n) is 6.05. The molecule has 0 amide bonds. The predicted molar refractivity (Wildman–Crippen MR) is 64.9 cm³/mol. The Hall–Kier alpha value is -2.34. The van der Waals surface area contributed by atoms with Gasteiger partial charge in [0.15, 0.2) is 0 Å². The van der Waals surface area contributed by atoms with E-state index < -0.39 is 12.1 Å². The van der Waals surface area contributed by atoms with Crippen LogP contribution in [-0.2, 0) is 9.63 Å². The summed E-state index contributed by atoms with van der Waals surface area (Å²) < 4.78 is 36.2. The summed E-state index contributed by atoms with van der Waals surface area (Å²) >= 11 is 0. The summed E-state index contributed by atoms with van der Waals surface area (Å²) in [5.41, 5.74) is 1.05. The summed E-state index contributed by atoms with van der Waals surface area (Å²) in [6, 6.07) is 5.17. The van der Waals surface area contributed by atoms with Gasteiger partial charge in [-0.15, -0.1) is 5.06 Å². The van der Waals surface area contributed by atoms with E-state index in [2.05, 4.69) is 9.82 Å². The molecule has 9 heteroatoms. The highest BCUT2D eigenvalue weighted by Crippen LogP contribution is 2.19. The Morgan fingerprint density at radius 3 is 2.43 bits per heavy atom. The number of hydrogen-bond acceptors (Lipinski definition) is 6. The normalized spacial score (nSPS) is 16.4. The second kappa shape index (κ2) is 5.97. The first-order chi connectivity index (χ1) is 9.90. The van der Waals surface area contributed by atoms with E-state index in [-0.39, 0.29) is 18.8 Å². The molecule has 0 N–H and O–H groups in total. The standard InChI is InChI=1S/C12H11F3N4O2/c13-12(14,15)11(20)21-19-5-3-18(4-6-19)10-2-1-9(7-16)17-8-10/h1-2,8H,3-6H2. The van der Waals surface area contributed by atoms with E-state index in [9.17, 15) is 18.0 Å². The van der Waals surface area contributed by atoms with Gasteiger partial charge in [-0.1, -0.05) is 0 Å². The van der Waals surface area contributed by atoms with Crippen LogP contribution < -0.4 is 4.90 Å². The van der Waals surface area contributed by atoms with E-state index >= 15 is 0 Å². The van der Waals surface area contributed by atoms with Crippen molar-refractivity contribution >= 4 is 11.7 Å². The van der Waals surface area contributed by atoms with Crippen LogP contribution in [0.25, 0.3) is 0 Å². The molecule has 0 aromatic carbocycles. The molecular formula is C12H11F3N4O2. The minimum atomic E-state index is -4.99. The van der Waals surface area contributed by atoms with Crippen molar-refractivity contribution in [1.29, 1.82) is 5.26 Å². The topological polar surface area (TPSA) is 69.5 Å². The van der Waals surface area contributed by atoms with Crippen molar-refractivity contribution in [2.24, 2.45) is 0 Å². The third-order valence-electron chi connectivity index (χ3n) is 2.91. The van der Waals surface area contributed by atoms with Gasteiger partial charge in [0, 0.05) is 13.1 Å². The Kier molecular flexibility index (Phi) is 4.28. The van der Waals surface area contributed by atoms with Crippen LogP contribution in [-0.4, -0.2) is 48.4 Å². The van der Waals surface area contributed by atoms with E-state index in [1.54, 1.807) is 12.1 Å². The number of nitrogens with zero attached hydrogens (tertiary/aromatic N) is 4. The average Bonchev–Trinajstić information content (AvgIpc) is 2.47. The molecule has 2 rings (SSSR count). The molecule has 112 valence electrons. The van der Waals surface area contributed by atoms with Gasteiger partial charge in [0.05, 0.1) is 25.0 Å². The number of hydrogen-bond donors (Lipinski definition) is 0. The molecule has 0 radical (unpaired) electrons. The van der Waals surface area contributed by atoms with Crippen LogP contribution in [0.5, 0.6) is 0 Å². The largest absolute Gasteiger partial charge is 0.492 e. The van der Waals surface area contributed by atoms with E-state index in [1.165, 1.54) is 6.20 Å². The third-order valence-corrected chi connectivity index (χ3v) is 2.91. The van der Waals surface area contributed by atoms with Crippen LogP contribution >= 0.6 is 0 Å². The van der Waals surface area contributed by atoms with Crippen molar-refractivity contribution in [2.75, 3.05) is 31.1 Å². The number of aromatic nitrogens is 1. The molecular weight excluding hydrogens is 289 g/mol. The number of nitriles is 1. The Labute approximate surface area is 118 Å². The molecule has 1 aliphatic heterocycles. The highest BCUT2D eigenvalue weighted by atomic mass is 19.4. The van der Waals surface area contributed by atoms with Crippen LogP contribution in [0.3, 0.4) is 0 Å². The van der Waals surface area contributed by atoms with Gasteiger partial charge in [-0.05, 0) is 12.1 Å². The van der Waals surface area contributed by atoms with E-state index in [4.69, 9.17) is 5.26 Å². The number of halogens is 3. The molecule has 1 fully saturated rings. The number of alkyl halides is 3. The van der Waals surface area contributed by atoms with Gasteiger partial charge in [-0.25, -0.2) is 9.78 Å². The molecule has 0 atom stereocenters. The van der Waals surface area contributed by atoms with Gasteiger partial charge in [0.1, 0.15) is 11.8 Å². The number of rotatable bonds is 2. The van der Waals surface area contributed by atoms with E-state index in [0.717, 1.165) is 10.8 Å². The molecule has 0 aliphatic carbocycles. The smallest absolute Gasteiger partial charge is 0.367 e. The molecule has 1 saturated heterocycles. The summed E-state index contributed by atoms with van der Waals surface area (Å²) in [6.07, 6.45) is -3.47. The van der Waals surface area contributed by atoms with E-state index in [1.807, 2.05) is 11.0 Å². The highest BCUT2D eigenvalue weighted by Gasteiger charge is 2.42. The first kappa shape index (κ1) is 15.1. The zero-order valence-electron chi connectivity index (χ0n) is 10.8. The number of piperazine rings is 1. The second-order valence-electron chi connectivity index (χ2n) is 4.31. The summed E-state index contributed by atoms with van der Waals surface area (Å²) in [7, 11) is 0. The van der Waals surface area contributed by atoms with Crippen LogP contribution in [0.15, 0.2) is 18.3 Å². The molecule has 0 bridgehead atoms. The number of anilines is 1. The lowest BCUT2D eigenvalue weighted by molar-refractivity contribution is -0.239. The Balaban J connectivity index is 1.88. The molecule has 6 nitrogen and oxygen atoms in total. The fourth-order valence-electron chi connectivity index (χ4n) is 1.85. The van der Waals surface area contributed by atoms with Crippen LogP contribution in [0.4, 0.5) is 18.9 Å². The fourth-order valence-corrected chi connectivity index (χ4v) is 1.85. The molecule has 1 aromatic rings. The molecule has 0 spiro atoms. The lowest BCUT2D eigenvalue weighted by atomic mass is 10.3. The van der Waals surface area contributed by atoms with Crippen molar-refractivity contribution < 1.29 is 22.8 Å². The monoisotopic (exact) mass is 300 g/mol. The van der Waals surface area contributed by atoms with Crippen LogP contribution in [0, 0.1) is 11.3 Å². The first-order valence-corrected chi connectivity index (χ1v) is 6.05. The Morgan fingerprint density at radius 1 is 1.29 bits per heavy atom. The quantitative estimate of drug-likeness (QED) is 0.814. The molecule has 0 saturated carbocycles. The van der Waals surface area contributed by atoms with Gasteiger partial charge >= 0.3 is 12.1 Å². The van der Waals surface area contributed by atoms with Gasteiger partial charge in [-0.2, -0.15) is 18.4 Å². The highest BCUT2D eigenvalue weighted by molar-refractivity contribution is 5.75. The number of pyridine rings is 1. The van der Waals surface area contributed by atoms with Crippen molar-refractivity contribution in [3.05, 3.63) is 24.0 Å². The zero-order valence-corrected chi connectivity index (χ0v) is 10.8. The maximum Gasteiger partial charge on any atom is 0.492 e. The second-order valence-corrected chi connectivity index (χ2v) is 4.31. The summed E-state index contributed by atoms with van der Waals surface area (Å²) in [4.78, 5) is 20.8. The van der Waals surface area contributed by atoms with Gasteiger partial charge in [0.25, 0.3) is 0 Å². The van der Waals surface area contributed by atoms with Crippen LogP contribution in [0.2, 0.25) is 0 Å². The average molecular weight is 300 g/mol. The summed E-state index contributed by atoms with van der Waals surface area (Å²) in [6.45, 7) is 1.08. The number of hydroxylamine groups is 2. The summed E-state index contributed by atoms with van der Waals surface area (Å²) in [5, 5.41) is 9.64. The van der Waals surface area contributed by atoms with Crippen molar-refractivity contribution in [2.45, 2.75) is 6.18 Å². The molecule has 1 aromatic heterocycles. The maximum absolute atomic E-state index is 12.1. The molecule has 1 aliphatic rings.